The number of Topliss-reactive ketones (excluding diaryl/α,β-unsaturated/α-hetero) is 1. The van der Waals surface area contributed by atoms with Gasteiger partial charge in [-0.25, -0.2) is 4.79 Å². The van der Waals surface area contributed by atoms with E-state index >= 15 is 0 Å². The fraction of sp³-hybridized carbons (Fsp3) is 0.926. The van der Waals surface area contributed by atoms with Gasteiger partial charge < -0.3 is 45.2 Å². The van der Waals surface area contributed by atoms with Gasteiger partial charge in [-0.05, 0) is 80.4 Å². The van der Waals surface area contributed by atoms with E-state index in [1.54, 1.807) is 13.8 Å². The molecule has 0 aromatic heterocycles. The fourth-order valence-corrected chi connectivity index (χ4v) is 8.50. The number of carbonyl (C=O) groups is 2. The van der Waals surface area contributed by atoms with Crippen molar-refractivity contribution in [3.05, 3.63) is 0 Å². The molecule has 0 amide bonds. The second-order valence-electron chi connectivity index (χ2n) is 12.3. The molecule has 7 N–H and O–H groups in total. The van der Waals surface area contributed by atoms with Crippen LogP contribution in [0.5, 0.6) is 0 Å². The molecule has 38 heavy (non-hydrogen) atoms. The zero-order valence-corrected chi connectivity index (χ0v) is 21.5. The summed E-state index contributed by atoms with van der Waals surface area (Å²) in [7, 11) is 0. The fourth-order valence-electron chi connectivity index (χ4n) is 8.50. The summed E-state index contributed by atoms with van der Waals surface area (Å²) >= 11 is 0. The minimum Gasteiger partial charge on any atom is -0.479 e. The van der Waals surface area contributed by atoms with Gasteiger partial charge in [0.25, 0.3) is 0 Å². The van der Waals surface area contributed by atoms with E-state index in [9.17, 15) is 45.3 Å². The second kappa shape index (κ2) is 9.73. The zero-order valence-electron chi connectivity index (χ0n) is 26.5. The predicted molar refractivity (Wildman–Crippen MR) is 129 cm³/mol. The molecule has 11 heteroatoms. The smallest absolute Gasteiger partial charge is 0.335 e. The molecule has 0 radical (unpaired) electrons. The summed E-state index contributed by atoms with van der Waals surface area (Å²) in [5.41, 5.74) is -4.15. The number of rotatable bonds is 5. The van der Waals surface area contributed by atoms with Crippen LogP contribution in [0.2, 0.25) is 0 Å². The number of aliphatic hydroxyl groups is 6. The molecule has 1 aliphatic heterocycles. The molecule has 1 unspecified atom stereocenters. The van der Waals surface area contributed by atoms with E-state index in [-0.39, 0.29) is 31.1 Å². The molecule has 4 saturated carbocycles. The number of carboxylic acids is 1. The Labute approximate surface area is 228 Å². The van der Waals surface area contributed by atoms with Gasteiger partial charge in [0.05, 0.1) is 13.6 Å². The monoisotopic (exact) mass is 547 g/mol. The Hall–Kier alpha value is -1.18. The molecule has 5 fully saturated rings. The van der Waals surface area contributed by atoms with Crippen LogP contribution in [0.25, 0.3) is 0 Å². The van der Waals surface area contributed by atoms with Crippen molar-refractivity contribution < 1.29 is 61.7 Å². The first kappa shape index (κ1) is 22.5. The molecule has 5 aliphatic rings. The number of hydrogen-bond donors (Lipinski definition) is 7. The van der Waals surface area contributed by atoms with Gasteiger partial charge in [-0.2, -0.15) is 0 Å². The first-order chi connectivity index (χ1) is 19.6. The molecular formula is C27H42O11. The quantitative estimate of drug-likeness (QED) is 0.221. The molecule has 0 bridgehead atoms. The Kier molecular flexibility index (Phi) is 5.76. The number of fused-ring (bicyclic) bond motifs is 5. The van der Waals surface area contributed by atoms with E-state index in [0.717, 1.165) is 0 Å². The number of aliphatic hydroxyl groups excluding tert-OH is 5. The Morgan fingerprint density at radius 3 is 2.45 bits per heavy atom. The van der Waals surface area contributed by atoms with Gasteiger partial charge in [0.15, 0.2) is 18.2 Å². The Morgan fingerprint density at radius 1 is 1.08 bits per heavy atom. The van der Waals surface area contributed by atoms with Crippen molar-refractivity contribution in [2.24, 2.45) is 34.5 Å². The molecule has 1 saturated heterocycles. The lowest BCUT2D eigenvalue weighted by Crippen LogP contribution is -2.63. The SMILES string of the molecule is [2H]C1([2H])C[C@]2(C)C3[C@@H](CC[C@H]2C([2H])([2H])[C@]1([2H])O[C@@H]1O[C@H](C(=O)O)[C@@H](O)[C@H](O)[C@H]1O)[C@@H]1CC[C@](O)(C(=O)CO)[C@@]1(C)C[C@@H]3O. The zero-order chi connectivity index (χ0) is 32.3. The summed E-state index contributed by atoms with van der Waals surface area (Å²) in [6, 6.07) is 0. The lowest BCUT2D eigenvalue weighted by Gasteiger charge is -2.63. The summed E-state index contributed by atoms with van der Waals surface area (Å²) in [4.78, 5) is 24.3. The third-order valence-electron chi connectivity index (χ3n) is 10.5. The molecule has 0 aromatic carbocycles. The van der Waals surface area contributed by atoms with Crippen molar-refractivity contribution in [2.45, 2.75) is 114 Å². The average Bonchev–Trinajstić information content (AvgIpc) is 3.17. The van der Waals surface area contributed by atoms with Gasteiger partial charge in [0.2, 0.25) is 0 Å². The van der Waals surface area contributed by atoms with Gasteiger partial charge >= 0.3 is 5.97 Å². The van der Waals surface area contributed by atoms with E-state index in [0.29, 0.717) is 12.8 Å². The summed E-state index contributed by atoms with van der Waals surface area (Å²) in [5.74, 6) is -4.77. The van der Waals surface area contributed by atoms with Gasteiger partial charge in [-0.3, -0.25) is 4.79 Å². The summed E-state index contributed by atoms with van der Waals surface area (Å²) < 4.78 is 55.9. The molecule has 11 nitrogen and oxygen atoms in total. The molecule has 0 aromatic rings. The van der Waals surface area contributed by atoms with Crippen LogP contribution in [0.4, 0.5) is 0 Å². The van der Waals surface area contributed by atoms with E-state index in [1.165, 1.54) is 0 Å². The highest BCUT2D eigenvalue weighted by molar-refractivity contribution is 5.89. The van der Waals surface area contributed by atoms with Crippen LogP contribution in [-0.4, -0.2) is 103 Å². The third kappa shape index (κ3) is 4.00. The summed E-state index contributed by atoms with van der Waals surface area (Å²) in [5, 5.41) is 72.8. The second-order valence-corrected chi connectivity index (χ2v) is 12.3. The van der Waals surface area contributed by atoms with Crippen molar-refractivity contribution in [1.82, 2.24) is 0 Å². The topological polar surface area (TPSA) is 194 Å². The first-order valence-corrected chi connectivity index (χ1v) is 13.3. The maximum atomic E-state index is 12.7. The Balaban J connectivity index is 1.49. The summed E-state index contributed by atoms with van der Waals surface area (Å²) in [6.45, 7) is 2.54. The van der Waals surface area contributed by atoms with E-state index in [4.69, 9.17) is 16.3 Å². The number of carboxylic acid groups (broad SMARTS) is 1. The Morgan fingerprint density at radius 2 is 1.79 bits per heavy atom. The minimum atomic E-state index is -3.08. The van der Waals surface area contributed by atoms with Gasteiger partial charge in [0.1, 0.15) is 30.5 Å². The van der Waals surface area contributed by atoms with Gasteiger partial charge in [-0.15, -0.1) is 0 Å². The molecule has 1 heterocycles. The Bertz CT molecular complexity index is 1160. The number of hydrogen-bond acceptors (Lipinski definition) is 10. The van der Waals surface area contributed by atoms with E-state index in [1.807, 2.05) is 0 Å². The molecular weight excluding hydrogens is 500 g/mol. The minimum absolute atomic E-state index is 0.0310. The van der Waals surface area contributed by atoms with Crippen LogP contribution in [0, 0.1) is 34.5 Å². The molecule has 14 atom stereocenters. The average molecular weight is 548 g/mol. The number of ether oxygens (including phenoxy) is 2. The number of ketones is 1. The molecule has 4 aliphatic carbocycles. The van der Waals surface area contributed by atoms with Crippen molar-refractivity contribution in [1.29, 1.82) is 0 Å². The third-order valence-corrected chi connectivity index (χ3v) is 10.5. The van der Waals surface area contributed by atoms with Crippen LogP contribution in [0.1, 0.15) is 72.0 Å². The lowest BCUT2D eigenvalue weighted by atomic mass is 9.43. The van der Waals surface area contributed by atoms with E-state index in [2.05, 4.69) is 0 Å². The maximum Gasteiger partial charge on any atom is 0.335 e. The predicted octanol–water partition coefficient (Wildman–Crippen LogP) is -0.430. The molecule has 216 valence electrons. The van der Waals surface area contributed by atoms with Crippen LogP contribution < -0.4 is 0 Å². The maximum absolute atomic E-state index is 12.7. The highest BCUT2D eigenvalue weighted by Crippen LogP contribution is 2.68. The van der Waals surface area contributed by atoms with Crippen molar-refractivity contribution in [2.75, 3.05) is 6.61 Å². The van der Waals surface area contributed by atoms with Gasteiger partial charge in [0, 0.05) is 10.9 Å². The number of carbonyl (C=O) groups excluding carboxylic acids is 1. The van der Waals surface area contributed by atoms with Crippen molar-refractivity contribution >= 4 is 11.8 Å². The van der Waals surface area contributed by atoms with Crippen molar-refractivity contribution in [3.8, 4) is 0 Å². The highest BCUT2D eigenvalue weighted by atomic mass is 16.7. The molecule has 5 rings (SSSR count). The van der Waals surface area contributed by atoms with Crippen molar-refractivity contribution in [3.63, 3.8) is 0 Å². The van der Waals surface area contributed by atoms with Crippen LogP contribution >= 0.6 is 0 Å². The molecule has 0 spiro atoms. The first-order valence-electron chi connectivity index (χ1n) is 15.8. The van der Waals surface area contributed by atoms with Crippen LogP contribution in [0.15, 0.2) is 0 Å². The standard InChI is InChI=1S/C27H42O11/c1-25-7-5-13(37-24-21(33)19(31)20(32)22(38-24)23(34)35)9-12(25)3-4-14-15-6-8-27(36,17(30)11-28)26(15,2)10-16(29)18(14)25/h12-16,18-22,24,28-29,31-33,36H,3-11H2,1-2H3,(H,34,35)/t12-,13+,14-,15-,16-,18?,19-,20-,21+,22-,24+,25-,26-,27-/m0/s1/i5D2,9D2,13D. The van der Waals surface area contributed by atoms with Gasteiger partial charge in [-0.1, -0.05) is 13.8 Å². The van der Waals surface area contributed by atoms with E-state index < -0.39 is 109 Å². The van der Waals surface area contributed by atoms with Crippen LogP contribution in [0.3, 0.4) is 0 Å². The largest absolute Gasteiger partial charge is 0.479 e. The highest BCUT2D eigenvalue weighted by Gasteiger charge is 2.68. The van der Waals surface area contributed by atoms with Crippen LogP contribution in [-0.2, 0) is 19.1 Å². The normalized spacial score (nSPS) is 61.0. The number of aliphatic carboxylic acids is 1. The lowest BCUT2D eigenvalue weighted by molar-refractivity contribution is -0.310. The summed E-state index contributed by atoms with van der Waals surface area (Å²) in [6.07, 6.45) is -19.9.